The van der Waals surface area contributed by atoms with E-state index in [1.54, 1.807) is 0 Å². The fraction of sp³-hybridized carbons (Fsp3) is 0.364. The minimum absolute atomic E-state index is 0.119. The highest BCUT2D eigenvalue weighted by molar-refractivity contribution is 6.33. The summed E-state index contributed by atoms with van der Waals surface area (Å²) in [5.74, 6) is -0.534. The number of rotatable bonds is 2. The van der Waals surface area contributed by atoms with Crippen molar-refractivity contribution in [2.24, 2.45) is 0 Å². The molecule has 5 heteroatoms. The van der Waals surface area contributed by atoms with E-state index in [9.17, 15) is 9.18 Å². The van der Waals surface area contributed by atoms with E-state index >= 15 is 0 Å². The molecular weight excluding hydrogens is 231 g/mol. The molecule has 1 heterocycles. The van der Waals surface area contributed by atoms with Crippen LogP contribution in [0.4, 0.5) is 10.1 Å². The Kier molecular flexibility index (Phi) is 3.41. The van der Waals surface area contributed by atoms with Crippen LogP contribution in [0, 0.1) is 5.82 Å². The number of amides is 1. The zero-order valence-corrected chi connectivity index (χ0v) is 9.35. The van der Waals surface area contributed by atoms with Crippen molar-refractivity contribution in [3.05, 3.63) is 29.0 Å². The molecule has 86 valence electrons. The van der Waals surface area contributed by atoms with E-state index in [-0.39, 0.29) is 17.0 Å². The topological polar surface area (TPSA) is 41.1 Å². The Morgan fingerprint density at radius 3 is 3.00 bits per heavy atom. The number of carbonyl (C=O) groups is 1. The number of nitrogens with one attached hydrogen (secondary N) is 2. The third-order valence-corrected chi connectivity index (χ3v) is 2.88. The minimum Gasteiger partial charge on any atom is -0.323 e. The maximum atomic E-state index is 12.8. The molecule has 1 fully saturated rings. The van der Waals surface area contributed by atoms with Crippen molar-refractivity contribution < 1.29 is 9.18 Å². The second kappa shape index (κ2) is 4.80. The molecule has 2 N–H and O–H groups in total. The second-order valence-electron chi connectivity index (χ2n) is 3.76. The Morgan fingerprint density at radius 2 is 2.38 bits per heavy atom. The normalized spacial score (nSPS) is 19.8. The highest BCUT2D eigenvalue weighted by Crippen LogP contribution is 2.23. The van der Waals surface area contributed by atoms with Crippen LogP contribution < -0.4 is 10.6 Å². The number of carbonyl (C=O) groups excluding carboxylic acids is 1. The molecule has 0 aliphatic carbocycles. The van der Waals surface area contributed by atoms with Gasteiger partial charge in [0.2, 0.25) is 5.91 Å². The van der Waals surface area contributed by atoms with Gasteiger partial charge in [0.1, 0.15) is 5.82 Å². The van der Waals surface area contributed by atoms with Crippen LogP contribution in [-0.2, 0) is 4.79 Å². The second-order valence-corrected chi connectivity index (χ2v) is 4.17. The average molecular weight is 243 g/mol. The number of benzene rings is 1. The molecule has 0 aromatic heterocycles. The fourth-order valence-corrected chi connectivity index (χ4v) is 1.93. The number of hydrogen-bond acceptors (Lipinski definition) is 2. The first-order valence-electron chi connectivity index (χ1n) is 5.16. The summed E-state index contributed by atoms with van der Waals surface area (Å²) < 4.78 is 12.8. The fourth-order valence-electron chi connectivity index (χ4n) is 1.72. The Morgan fingerprint density at radius 1 is 1.56 bits per heavy atom. The van der Waals surface area contributed by atoms with Crippen molar-refractivity contribution >= 4 is 23.2 Å². The van der Waals surface area contributed by atoms with Crippen LogP contribution in [-0.4, -0.2) is 18.5 Å². The Hall–Kier alpha value is -1.13. The number of halogens is 2. The standard InChI is InChI=1S/C11H12ClFN2O/c12-8-6-7(13)3-4-9(8)15-11(16)10-2-1-5-14-10/h3-4,6,10,14H,1-2,5H2,(H,15,16)/t10-/m0/s1. The maximum Gasteiger partial charge on any atom is 0.241 e. The number of anilines is 1. The van der Waals surface area contributed by atoms with Crippen LogP contribution in [0.2, 0.25) is 5.02 Å². The zero-order valence-electron chi connectivity index (χ0n) is 8.59. The molecule has 0 bridgehead atoms. The Bertz CT molecular complexity index is 405. The summed E-state index contributed by atoms with van der Waals surface area (Å²) in [5.41, 5.74) is 0.446. The predicted molar refractivity (Wildman–Crippen MR) is 61.1 cm³/mol. The largest absolute Gasteiger partial charge is 0.323 e. The molecule has 1 aliphatic heterocycles. The first-order valence-corrected chi connectivity index (χ1v) is 5.54. The van der Waals surface area contributed by atoms with Crippen molar-refractivity contribution in [2.75, 3.05) is 11.9 Å². The van der Waals surface area contributed by atoms with Gasteiger partial charge in [0.15, 0.2) is 0 Å². The predicted octanol–water partition coefficient (Wildman–Crippen LogP) is 2.17. The van der Waals surface area contributed by atoms with E-state index in [1.165, 1.54) is 18.2 Å². The van der Waals surface area contributed by atoms with E-state index in [0.717, 1.165) is 19.4 Å². The Balaban J connectivity index is 2.05. The SMILES string of the molecule is O=C(Nc1ccc(F)cc1Cl)[C@@H]1CCCN1. The van der Waals surface area contributed by atoms with Crippen molar-refractivity contribution in [3.63, 3.8) is 0 Å². The molecule has 0 unspecified atom stereocenters. The van der Waals surface area contributed by atoms with Gasteiger partial charge < -0.3 is 10.6 Å². The van der Waals surface area contributed by atoms with Gasteiger partial charge in [0, 0.05) is 0 Å². The minimum atomic E-state index is -0.415. The van der Waals surface area contributed by atoms with Crippen molar-refractivity contribution in [2.45, 2.75) is 18.9 Å². The summed E-state index contributed by atoms with van der Waals surface area (Å²) in [6.07, 6.45) is 1.82. The van der Waals surface area contributed by atoms with Gasteiger partial charge in [-0.25, -0.2) is 4.39 Å². The van der Waals surface area contributed by atoms with E-state index in [2.05, 4.69) is 10.6 Å². The smallest absolute Gasteiger partial charge is 0.241 e. The van der Waals surface area contributed by atoms with Crippen molar-refractivity contribution in [1.82, 2.24) is 5.32 Å². The highest BCUT2D eigenvalue weighted by Gasteiger charge is 2.22. The van der Waals surface area contributed by atoms with Crippen LogP contribution in [0.3, 0.4) is 0 Å². The molecule has 0 saturated carbocycles. The third-order valence-electron chi connectivity index (χ3n) is 2.57. The molecule has 2 rings (SSSR count). The van der Waals surface area contributed by atoms with E-state index in [1.807, 2.05) is 0 Å². The molecule has 1 aromatic rings. The van der Waals surface area contributed by atoms with E-state index in [0.29, 0.717) is 5.69 Å². The quantitative estimate of drug-likeness (QED) is 0.835. The maximum absolute atomic E-state index is 12.8. The molecular formula is C11H12ClFN2O. The lowest BCUT2D eigenvalue weighted by molar-refractivity contribution is -0.117. The van der Waals surface area contributed by atoms with E-state index < -0.39 is 5.82 Å². The summed E-state index contributed by atoms with van der Waals surface area (Å²) in [6.45, 7) is 0.856. The van der Waals surface area contributed by atoms with E-state index in [4.69, 9.17) is 11.6 Å². The van der Waals surface area contributed by atoms with Crippen LogP contribution in [0.15, 0.2) is 18.2 Å². The van der Waals surface area contributed by atoms with Gasteiger partial charge in [-0.2, -0.15) is 0 Å². The molecule has 1 saturated heterocycles. The lowest BCUT2D eigenvalue weighted by Crippen LogP contribution is -2.35. The Labute approximate surface area is 98.0 Å². The van der Waals surface area contributed by atoms with Gasteiger partial charge >= 0.3 is 0 Å². The van der Waals surface area contributed by atoms with Gasteiger partial charge in [0.05, 0.1) is 16.8 Å². The van der Waals surface area contributed by atoms with Gasteiger partial charge in [-0.05, 0) is 37.6 Å². The molecule has 1 amide bonds. The summed E-state index contributed by atoms with van der Waals surface area (Å²) in [4.78, 5) is 11.7. The van der Waals surface area contributed by atoms with Gasteiger partial charge in [-0.15, -0.1) is 0 Å². The zero-order chi connectivity index (χ0) is 11.5. The molecule has 1 atom stereocenters. The van der Waals surface area contributed by atoms with Crippen molar-refractivity contribution in [1.29, 1.82) is 0 Å². The van der Waals surface area contributed by atoms with Crippen LogP contribution in [0.1, 0.15) is 12.8 Å². The first kappa shape index (κ1) is 11.4. The van der Waals surface area contributed by atoms with Crippen LogP contribution in [0.5, 0.6) is 0 Å². The molecule has 1 aromatic carbocycles. The van der Waals surface area contributed by atoms with Crippen LogP contribution in [0.25, 0.3) is 0 Å². The van der Waals surface area contributed by atoms with Gasteiger partial charge in [-0.3, -0.25) is 4.79 Å². The lowest BCUT2D eigenvalue weighted by atomic mass is 10.2. The highest BCUT2D eigenvalue weighted by atomic mass is 35.5. The average Bonchev–Trinajstić information content (AvgIpc) is 2.75. The first-order chi connectivity index (χ1) is 7.66. The summed E-state index contributed by atoms with van der Waals surface area (Å²) in [7, 11) is 0. The molecule has 3 nitrogen and oxygen atoms in total. The van der Waals surface area contributed by atoms with Crippen LogP contribution >= 0.6 is 11.6 Å². The number of hydrogen-bond donors (Lipinski definition) is 2. The molecule has 0 spiro atoms. The molecule has 0 radical (unpaired) electrons. The lowest BCUT2D eigenvalue weighted by Gasteiger charge is -2.12. The summed E-state index contributed by atoms with van der Waals surface area (Å²) in [6, 6.07) is 3.74. The van der Waals surface area contributed by atoms with Gasteiger partial charge in [-0.1, -0.05) is 11.6 Å². The third kappa shape index (κ3) is 2.51. The molecule has 1 aliphatic rings. The monoisotopic (exact) mass is 242 g/mol. The molecule has 16 heavy (non-hydrogen) atoms. The summed E-state index contributed by atoms with van der Waals surface area (Å²) >= 11 is 5.81. The van der Waals surface area contributed by atoms with Gasteiger partial charge in [0.25, 0.3) is 0 Å². The summed E-state index contributed by atoms with van der Waals surface area (Å²) in [5, 5.41) is 5.97. The van der Waals surface area contributed by atoms with Crippen molar-refractivity contribution in [3.8, 4) is 0 Å².